The lowest BCUT2D eigenvalue weighted by Gasteiger charge is -2.15. The molecule has 2 N–H and O–H groups in total. The van der Waals surface area contributed by atoms with Crippen LogP contribution in [0.3, 0.4) is 0 Å². The minimum Gasteiger partial charge on any atom is -0.497 e. The third-order valence-corrected chi connectivity index (χ3v) is 3.05. The second kappa shape index (κ2) is 6.73. The number of methoxy groups -OCH3 is 1. The molecule has 1 unspecified atom stereocenters. The van der Waals surface area contributed by atoms with Gasteiger partial charge in [0.15, 0.2) is 0 Å². The van der Waals surface area contributed by atoms with E-state index in [9.17, 15) is 9.90 Å². The zero-order valence-corrected chi connectivity index (χ0v) is 11.2. The van der Waals surface area contributed by atoms with E-state index in [1.807, 2.05) is 42.5 Å². The fourth-order valence-electron chi connectivity index (χ4n) is 1.96. The molecule has 0 amide bonds. The summed E-state index contributed by atoms with van der Waals surface area (Å²) in [5.41, 5.74) is 1.75. The average Bonchev–Trinajstić information content (AvgIpc) is 2.49. The van der Waals surface area contributed by atoms with E-state index >= 15 is 0 Å². The number of benzene rings is 2. The van der Waals surface area contributed by atoms with Crippen molar-refractivity contribution < 1.29 is 14.6 Å². The Balaban J connectivity index is 2.04. The summed E-state index contributed by atoms with van der Waals surface area (Å²) in [4.78, 5) is 11.3. The molecule has 0 aliphatic rings. The summed E-state index contributed by atoms with van der Waals surface area (Å²) in [5, 5.41) is 12.4. The van der Waals surface area contributed by atoms with Crippen molar-refractivity contribution in [2.45, 2.75) is 12.6 Å². The minimum absolute atomic E-state index is 0.482. The highest BCUT2D eigenvalue weighted by Gasteiger charge is 2.18. The molecule has 4 heteroatoms. The van der Waals surface area contributed by atoms with Crippen LogP contribution in [0.2, 0.25) is 0 Å². The molecule has 0 fully saturated rings. The maximum absolute atomic E-state index is 11.3. The Hall–Kier alpha value is -2.33. The summed E-state index contributed by atoms with van der Waals surface area (Å²) < 4.78 is 5.09. The first kappa shape index (κ1) is 14.1. The van der Waals surface area contributed by atoms with Crippen LogP contribution in [0.15, 0.2) is 54.6 Å². The van der Waals surface area contributed by atoms with E-state index in [0.717, 1.165) is 16.9 Å². The minimum atomic E-state index is -0.885. The summed E-state index contributed by atoms with van der Waals surface area (Å²) >= 11 is 0. The number of carbonyl (C=O) groups is 1. The molecule has 0 aromatic heterocycles. The van der Waals surface area contributed by atoms with Crippen molar-refractivity contribution in [1.29, 1.82) is 0 Å². The van der Waals surface area contributed by atoms with E-state index in [1.165, 1.54) is 0 Å². The van der Waals surface area contributed by atoms with Crippen LogP contribution in [0.4, 0.5) is 0 Å². The molecule has 0 spiro atoms. The van der Waals surface area contributed by atoms with Crippen LogP contribution in [0, 0.1) is 0 Å². The number of carboxylic acids is 1. The molecule has 1 atom stereocenters. The van der Waals surface area contributed by atoms with Crippen LogP contribution in [-0.2, 0) is 11.3 Å². The van der Waals surface area contributed by atoms with Crippen LogP contribution < -0.4 is 10.1 Å². The molecule has 2 aromatic rings. The summed E-state index contributed by atoms with van der Waals surface area (Å²) in [5.74, 6) is -0.101. The van der Waals surface area contributed by atoms with Gasteiger partial charge in [0.2, 0.25) is 0 Å². The highest BCUT2D eigenvalue weighted by atomic mass is 16.5. The number of rotatable bonds is 6. The quantitative estimate of drug-likeness (QED) is 0.848. The van der Waals surface area contributed by atoms with E-state index in [2.05, 4.69) is 5.32 Å². The predicted octanol–water partition coefficient (Wildman–Crippen LogP) is 2.61. The molecule has 0 saturated heterocycles. The molecule has 0 bridgehead atoms. The van der Waals surface area contributed by atoms with E-state index in [-0.39, 0.29) is 0 Å². The standard InChI is InChI=1S/C16H17NO3/c1-20-14-9-7-12(8-10-14)11-17-15(16(18)19)13-5-3-2-4-6-13/h2-10,15,17H,11H2,1H3,(H,18,19). The Morgan fingerprint density at radius 3 is 2.35 bits per heavy atom. The van der Waals surface area contributed by atoms with E-state index in [0.29, 0.717) is 6.54 Å². The highest BCUT2D eigenvalue weighted by molar-refractivity contribution is 5.75. The Kier molecular flexibility index (Phi) is 4.74. The molecular weight excluding hydrogens is 254 g/mol. The van der Waals surface area contributed by atoms with Crippen molar-refractivity contribution in [3.8, 4) is 5.75 Å². The molecule has 0 aliphatic heterocycles. The number of hydrogen-bond acceptors (Lipinski definition) is 3. The van der Waals surface area contributed by atoms with Crippen molar-refractivity contribution in [3.05, 3.63) is 65.7 Å². The van der Waals surface area contributed by atoms with Crippen molar-refractivity contribution >= 4 is 5.97 Å². The largest absolute Gasteiger partial charge is 0.497 e. The molecule has 20 heavy (non-hydrogen) atoms. The Morgan fingerprint density at radius 2 is 1.80 bits per heavy atom. The summed E-state index contributed by atoms with van der Waals surface area (Å²) in [6.45, 7) is 0.482. The van der Waals surface area contributed by atoms with Crippen molar-refractivity contribution in [2.75, 3.05) is 7.11 Å². The van der Waals surface area contributed by atoms with Crippen LogP contribution in [0.5, 0.6) is 5.75 Å². The molecule has 0 radical (unpaired) electrons. The Bertz CT molecular complexity index is 552. The fourth-order valence-corrected chi connectivity index (χ4v) is 1.96. The molecule has 0 heterocycles. The Morgan fingerprint density at radius 1 is 1.15 bits per heavy atom. The summed E-state index contributed by atoms with van der Waals surface area (Å²) in [6.07, 6.45) is 0. The monoisotopic (exact) mass is 271 g/mol. The number of ether oxygens (including phenoxy) is 1. The number of hydrogen-bond donors (Lipinski definition) is 2. The van der Waals surface area contributed by atoms with Gasteiger partial charge in [-0.3, -0.25) is 10.1 Å². The summed E-state index contributed by atoms with van der Waals surface area (Å²) in [7, 11) is 1.61. The van der Waals surface area contributed by atoms with Crippen molar-refractivity contribution in [2.24, 2.45) is 0 Å². The number of aliphatic carboxylic acids is 1. The molecular formula is C16H17NO3. The highest BCUT2D eigenvalue weighted by Crippen LogP contribution is 2.15. The van der Waals surface area contributed by atoms with Gasteiger partial charge in [0.1, 0.15) is 11.8 Å². The van der Waals surface area contributed by atoms with Crippen LogP contribution in [0.1, 0.15) is 17.2 Å². The second-order valence-corrected chi connectivity index (χ2v) is 4.41. The third kappa shape index (κ3) is 3.59. The van der Waals surface area contributed by atoms with Gasteiger partial charge in [-0.1, -0.05) is 42.5 Å². The number of carboxylic acid groups (broad SMARTS) is 1. The smallest absolute Gasteiger partial charge is 0.325 e. The molecule has 4 nitrogen and oxygen atoms in total. The van der Waals surface area contributed by atoms with Gasteiger partial charge < -0.3 is 9.84 Å². The van der Waals surface area contributed by atoms with Gasteiger partial charge >= 0.3 is 5.97 Å². The van der Waals surface area contributed by atoms with Crippen LogP contribution >= 0.6 is 0 Å². The van der Waals surface area contributed by atoms with Gasteiger partial charge in [-0.25, -0.2) is 0 Å². The third-order valence-electron chi connectivity index (χ3n) is 3.05. The van der Waals surface area contributed by atoms with E-state index < -0.39 is 12.0 Å². The van der Waals surface area contributed by atoms with Crippen LogP contribution in [-0.4, -0.2) is 18.2 Å². The summed E-state index contributed by atoms with van der Waals surface area (Å²) in [6, 6.07) is 16.0. The van der Waals surface area contributed by atoms with Gasteiger partial charge in [0.25, 0.3) is 0 Å². The molecule has 0 saturated carbocycles. The topological polar surface area (TPSA) is 58.6 Å². The SMILES string of the molecule is COc1ccc(CNC(C(=O)O)c2ccccc2)cc1. The normalized spacial score (nSPS) is 11.8. The first-order valence-corrected chi connectivity index (χ1v) is 6.35. The lowest BCUT2D eigenvalue weighted by Crippen LogP contribution is -2.28. The predicted molar refractivity (Wildman–Crippen MR) is 76.7 cm³/mol. The van der Waals surface area contributed by atoms with Crippen LogP contribution in [0.25, 0.3) is 0 Å². The number of nitrogens with one attached hydrogen (secondary N) is 1. The van der Waals surface area contributed by atoms with Crippen molar-refractivity contribution in [1.82, 2.24) is 5.32 Å². The van der Waals surface area contributed by atoms with Gasteiger partial charge in [-0.15, -0.1) is 0 Å². The second-order valence-electron chi connectivity index (χ2n) is 4.41. The average molecular weight is 271 g/mol. The van der Waals surface area contributed by atoms with E-state index in [1.54, 1.807) is 19.2 Å². The lowest BCUT2D eigenvalue weighted by atomic mass is 10.1. The van der Waals surface area contributed by atoms with Gasteiger partial charge in [0, 0.05) is 6.54 Å². The molecule has 2 rings (SSSR count). The van der Waals surface area contributed by atoms with Gasteiger partial charge in [-0.05, 0) is 23.3 Å². The maximum atomic E-state index is 11.3. The molecule has 2 aromatic carbocycles. The van der Waals surface area contributed by atoms with Crippen molar-refractivity contribution in [3.63, 3.8) is 0 Å². The fraction of sp³-hybridized carbons (Fsp3) is 0.188. The lowest BCUT2D eigenvalue weighted by molar-refractivity contribution is -0.139. The zero-order chi connectivity index (χ0) is 14.4. The first-order chi connectivity index (χ1) is 9.70. The maximum Gasteiger partial charge on any atom is 0.325 e. The Labute approximate surface area is 118 Å². The van der Waals surface area contributed by atoms with Gasteiger partial charge in [-0.2, -0.15) is 0 Å². The molecule has 0 aliphatic carbocycles. The van der Waals surface area contributed by atoms with Gasteiger partial charge in [0.05, 0.1) is 7.11 Å². The first-order valence-electron chi connectivity index (χ1n) is 6.35. The molecule has 104 valence electrons. The van der Waals surface area contributed by atoms with E-state index in [4.69, 9.17) is 4.74 Å². The zero-order valence-electron chi connectivity index (χ0n) is 11.2.